The first-order valence-corrected chi connectivity index (χ1v) is 7.28. The molecule has 11 heavy (non-hydrogen) atoms. The average Bonchev–Trinajstić information content (AvgIpc) is 1.54. The van der Waals surface area contributed by atoms with Crippen molar-refractivity contribution in [3.8, 4) is 0 Å². The van der Waals surface area contributed by atoms with Crippen molar-refractivity contribution < 1.29 is 19.4 Å². The van der Waals surface area contributed by atoms with E-state index in [0.29, 0.717) is 0 Å². The zero-order chi connectivity index (χ0) is 9.23. The number of hydrogen-bond donors (Lipinski definition) is 3. The van der Waals surface area contributed by atoms with Gasteiger partial charge in [0.15, 0.2) is 10.2 Å². The molecule has 0 spiro atoms. The van der Waals surface area contributed by atoms with Crippen molar-refractivity contribution in [2.75, 3.05) is 0 Å². The molecular weight excluding hydrogens is 207 g/mol. The summed E-state index contributed by atoms with van der Waals surface area (Å²) in [6, 6.07) is 0. The Morgan fingerprint density at radius 1 is 1.27 bits per heavy atom. The lowest BCUT2D eigenvalue weighted by Gasteiger charge is -2.08. The summed E-state index contributed by atoms with van der Waals surface area (Å²) in [6.45, 7) is 2.28. The van der Waals surface area contributed by atoms with Gasteiger partial charge in [0.05, 0.1) is 0 Å². The molecule has 0 saturated heterocycles. The van der Waals surface area contributed by atoms with E-state index >= 15 is 0 Å². The van der Waals surface area contributed by atoms with Gasteiger partial charge < -0.3 is 9.79 Å². The van der Waals surface area contributed by atoms with Crippen LogP contribution in [0.1, 0.15) is 13.8 Å². The monoisotopic (exact) mass is 216 g/mol. The Morgan fingerprint density at radius 2 is 1.55 bits per heavy atom. The second-order valence-corrected chi connectivity index (χ2v) is 9.63. The maximum absolute atomic E-state index is 10.7. The van der Waals surface area contributed by atoms with Crippen molar-refractivity contribution in [1.29, 1.82) is 0 Å². The van der Waals surface area contributed by atoms with Crippen LogP contribution in [0.3, 0.4) is 0 Å². The number of carbonyl (C=O) groups excluding carboxylic acids is 2. The molecule has 0 atom stereocenters. The highest BCUT2D eigenvalue weighted by Crippen LogP contribution is 2.47. The Kier molecular flexibility index (Phi) is 4.00. The molecular formula is C4H9O4PS2. The van der Waals surface area contributed by atoms with Gasteiger partial charge in [-0.2, -0.15) is 0 Å². The van der Waals surface area contributed by atoms with Gasteiger partial charge in [0.2, 0.25) is 5.69 Å². The highest BCUT2D eigenvalue weighted by molar-refractivity contribution is 8.71. The molecule has 0 heterocycles. The van der Waals surface area contributed by atoms with Gasteiger partial charge in [-0.05, 0) is 0 Å². The van der Waals surface area contributed by atoms with Crippen LogP contribution < -0.4 is 0 Å². The summed E-state index contributed by atoms with van der Waals surface area (Å²) in [5, 5.41) is -1.07. The second-order valence-electron chi connectivity index (χ2n) is 1.78. The van der Waals surface area contributed by atoms with Crippen LogP contribution in [0.5, 0.6) is 0 Å². The molecule has 66 valence electrons. The first-order valence-electron chi connectivity index (χ1n) is 2.60. The first-order chi connectivity index (χ1) is 4.76. The standard InChI is InChI=1S/C4H9O4PS2/c1-3(5)11(4(2)6)9(7,8)10/h7-8,10H,1-2H3. The fraction of sp³-hybridized carbons (Fsp3) is 0.500. The summed E-state index contributed by atoms with van der Waals surface area (Å²) in [5.74, 6) is 0. The lowest BCUT2D eigenvalue weighted by Crippen LogP contribution is -2.11. The van der Waals surface area contributed by atoms with Crippen molar-refractivity contribution in [2.24, 2.45) is 0 Å². The van der Waals surface area contributed by atoms with Crippen LogP contribution in [0, 0.1) is 0 Å². The van der Waals surface area contributed by atoms with Gasteiger partial charge in [0.1, 0.15) is 0 Å². The second kappa shape index (κ2) is 3.87. The van der Waals surface area contributed by atoms with Crippen molar-refractivity contribution in [3.05, 3.63) is 0 Å². The summed E-state index contributed by atoms with van der Waals surface area (Å²) in [5.41, 5.74) is -3.61. The summed E-state index contributed by atoms with van der Waals surface area (Å²) in [4.78, 5) is 39.2. The zero-order valence-corrected chi connectivity index (χ0v) is 8.62. The highest BCUT2D eigenvalue weighted by atomic mass is 32.9. The minimum atomic E-state index is -3.61. The van der Waals surface area contributed by atoms with E-state index in [0.717, 1.165) is 13.8 Å². The molecule has 0 unspecified atom stereocenters. The van der Waals surface area contributed by atoms with E-state index in [1.54, 1.807) is 0 Å². The van der Waals surface area contributed by atoms with Gasteiger partial charge in [-0.3, -0.25) is 9.59 Å². The summed E-state index contributed by atoms with van der Waals surface area (Å²) in [7, 11) is -1.64. The van der Waals surface area contributed by atoms with Crippen LogP contribution in [0.25, 0.3) is 0 Å². The molecule has 0 aliphatic rings. The van der Waals surface area contributed by atoms with Gasteiger partial charge in [0, 0.05) is 23.9 Å². The Bertz CT molecular complexity index is 229. The van der Waals surface area contributed by atoms with E-state index in [2.05, 4.69) is 12.2 Å². The lowest BCUT2D eigenvalue weighted by atomic mass is 10.9. The fourth-order valence-electron chi connectivity index (χ4n) is 0.547. The largest absolute Gasteiger partial charge is 0.341 e. The molecule has 0 aliphatic carbocycles. The van der Waals surface area contributed by atoms with Crippen LogP contribution in [0.2, 0.25) is 0 Å². The Morgan fingerprint density at radius 3 is 1.55 bits per heavy atom. The SMILES string of the molecule is CC(=O)S(C(C)=O)=P(O)(O)S. The first kappa shape index (κ1) is 11.4. The van der Waals surface area contributed by atoms with Crippen molar-refractivity contribution in [3.63, 3.8) is 0 Å². The third kappa shape index (κ3) is 3.53. The van der Waals surface area contributed by atoms with Crippen molar-refractivity contribution in [2.45, 2.75) is 13.8 Å². The van der Waals surface area contributed by atoms with E-state index in [4.69, 9.17) is 9.79 Å². The molecule has 0 rings (SSSR count). The van der Waals surface area contributed by atoms with Gasteiger partial charge in [0.25, 0.3) is 0 Å². The number of rotatable bonds is 0. The Balaban J connectivity index is 5.26. The van der Waals surface area contributed by atoms with E-state index in [-0.39, 0.29) is 0 Å². The van der Waals surface area contributed by atoms with Crippen LogP contribution >= 0.6 is 17.9 Å². The van der Waals surface area contributed by atoms with E-state index in [1.807, 2.05) is 0 Å². The number of hydrogen-bond acceptors (Lipinski definition) is 2. The summed E-state index contributed by atoms with van der Waals surface area (Å²) < 4.78 is 0. The molecule has 0 fully saturated rings. The van der Waals surface area contributed by atoms with Crippen LogP contribution in [0.4, 0.5) is 0 Å². The molecule has 0 aromatic rings. The molecule has 2 N–H and O–H groups in total. The van der Waals surface area contributed by atoms with Crippen LogP contribution in [-0.2, 0) is 19.7 Å². The van der Waals surface area contributed by atoms with Gasteiger partial charge in [-0.25, -0.2) is 0 Å². The lowest BCUT2D eigenvalue weighted by molar-refractivity contribution is -0.111. The van der Waals surface area contributed by atoms with Crippen LogP contribution in [0.15, 0.2) is 0 Å². The maximum atomic E-state index is 10.7. The molecule has 0 bridgehead atoms. The van der Waals surface area contributed by atoms with Gasteiger partial charge >= 0.3 is 0 Å². The normalized spacial score (nSPS) is 11.8. The van der Waals surface area contributed by atoms with Crippen molar-refractivity contribution in [1.82, 2.24) is 0 Å². The predicted octanol–water partition coefficient (Wildman–Crippen LogP) is 0.290. The molecule has 4 nitrogen and oxygen atoms in total. The third-order valence-electron chi connectivity index (χ3n) is 0.790. The minimum Gasteiger partial charge on any atom is -0.341 e. The molecule has 0 aromatic heterocycles. The smallest absolute Gasteiger partial charge is 0.212 e. The highest BCUT2D eigenvalue weighted by Gasteiger charge is 2.19. The third-order valence-corrected chi connectivity index (χ3v) is 6.85. The van der Waals surface area contributed by atoms with E-state index < -0.39 is 26.0 Å². The fourth-order valence-corrected chi connectivity index (χ4v) is 5.78. The Labute approximate surface area is 71.9 Å². The number of thiol groups is 1. The maximum Gasteiger partial charge on any atom is 0.212 e. The van der Waals surface area contributed by atoms with Crippen LogP contribution in [-0.4, -0.2) is 20.0 Å². The number of carbonyl (C=O) groups is 2. The molecule has 0 saturated carbocycles. The molecule has 7 heteroatoms. The zero-order valence-electron chi connectivity index (χ0n) is 6.01. The van der Waals surface area contributed by atoms with E-state index in [9.17, 15) is 9.59 Å². The topological polar surface area (TPSA) is 74.6 Å². The van der Waals surface area contributed by atoms with Gasteiger partial charge in [-0.1, -0.05) is 12.2 Å². The molecule has 0 aliphatic heterocycles. The van der Waals surface area contributed by atoms with Gasteiger partial charge in [-0.15, -0.1) is 0 Å². The quantitative estimate of drug-likeness (QED) is 0.402. The molecule has 0 radical (unpaired) electrons. The molecule has 0 amide bonds. The summed E-state index contributed by atoms with van der Waals surface area (Å²) in [6.07, 6.45) is 0. The average molecular weight is 216 g/mol. The van der Waals surface area contributed by atoms with Crippen molar-refractivity contribution >= 4 is 38.2 Å². The Hall–Kier alpha value is 0.390. The summed E-state index contributed by atoms with van der Waals surface area (Å²) >= 11 is 3.42. The molecule has 0 aromatic carbocycles. The minimum absolute atomic E-state index is 0.536. The van der Waals surface area contributed by atoms with E-state index in [1.165, 1.54) is 0 Å². The predicted molar refractivity (Wildman–Crippen MR) is 49.1 cm³/mol.